The van der Waals surface area contributed by atoms with E-state index < -0.39 is 11.9 Å². The Balaban J connectivity index is 2.24. The summed E-state index contributed by atoms with van der Waals surface area (Å²) in [6.45, 7) is 0. The molecule has 0 atom stereocenters. The van der Waals surface area contributed by atoms with Crippen molar-refractivity contribution >= 4 is 17.6 Å². The number of hydrogen-bond donors (Lipinski definition) is 2. The fourth-order valence-corrected chi connectivity index (χ4v) is 1.69. The maximum atomic E-state index is 12.1. The van der Waals surface area contributed by atoms with E-state index in [4.69, 9.17) is 10.4 Å². The molecule has 0 saturated carbocycles. The van der Waals surface area contributed by atoms with Gasteiger partial charge in [-0.3, -0.25) is 4.79 Å². The highest BCUT2D eigenvalue weighted by atomic mass is 16.4. The van der Waals surface area contributed by atoms with Crippen molar-refractivity contribution < 1.29 is 14.7 Å². The zero-order chi connectivity index (χ0) is 14.5. The van der Waals surface area contributed by atoms with Gasteiger partial charge in [-0.15, -0.1) is 0 Å². The van der Waals surface area contributed by atoms with Gasteiger partial charge in [-0.1, -0.05) is 12.1 Å². The van der Waals surface area contributed by atoms with Crippen LogP contribution in [-0.4, -0.2) is 17.0 Å². The third-order valence-electron chi connectivity index (χ3n) is 2.67. The zero-order valence-electron chi connectivity index (χ0n) is 10.3. The van der Waals surface area contributed by atoms with E-state index in [2.05, 4.69) is 5.32 Å². The number of amides is 1. The monoisotopic (exact) mass is 266 g/mol. The molecule has 2 rings (SSSR count). The van der Waals surface area contributed by atoms with Crippen molar-refractivity contribution in [3.8, 4) is 6.07 Å². The lowest BCUT2D eigenvalue weighted by Crippen LogP contribution is -2.16. The highest BCUT2D eigenvalue weighted by molar-refractivity contribution is 6.10. The smallest absolute Gasteiger partial charge is 0.336 e. The molecule has 5 nitrogen and oxygen atoms in total. The summed E-state index contributed by atoms with van der Waals surface area (Å²) >= 11 is 0. The molecule has 0 radical (unpaired) electrons. The van der Waals surface area contributed by atoms with Gasteiger partial charge in [-0.2, -0.15) is 5.26 Å². The molecule has 0 heterocycles. The van der Waals surface area contributed by atoms with Crippen molar-refractivity contribution in [2.45, 2.75) is 0 Å². The van der Waals surface area contributed by atoms with Gasteiger partial charge in [0, 0.05) is 5.69 Å². The molecule has 0 saturated heterocycles. The maximum absolute atomic E-state index is 12.1. The number of carbonyl (C=O) groups is 2. The number of aromatic carboxylic acids is 1. The molecule has 0 bridgehead atoms. The summed E-state index contributed by atoms with van der Waals surface area (Å²) in [6, 6.07) is 14.2. The summed E-state index contributed by atoms with van der Waals surface area (Å²) in [7, 11) is 0. The molecule has 98 valence electrons. The first-order chi connectivity index (χ1) is 9.61. The molecule has 2 aromatic carbocycles. The van der Waals surface area contributed by atoms with E-state index in [1.807, 2.05) is 6.07 Å². The van der Waals surface area contributed by atoms with Crippen molar-refractivity contribution in [2.24, 2.45) is 0 Å². The van der Waals surface area contributed by atoms with Gasteiger partial charge < -0.3 is 10.4 Å². The first-order valence-corrected chi connectivity index (χ1v) is 5.75. The second kappa shape index (κ2) is 5.67. The zero-order valence-corrected chi connectivity index (χ0v) is 10.3. The van der Waals surface area contributed by atoms with Crippen LogP contribution in [0.5, 0.6) is 0 Å². The minimum absolute atomic E-state index is 0.0568. The number of benzene rings is 2. The van der Waals surface area contributed by atoms with Crippen LogP contribution >= 0.6 is 0 Å². The summed E-state index contributed by atoms with van der Waals surface area (Å²) in [6.07, 6.45) is 0. The van der Waals surface area contributed by atoms with Crippen LogP contribution in [0.4, 0.5) is 5.69 Å². The average Bonchev–Trinajstić information content (AvgIpc) is 2.48. The summed E-state index contributed by atoms with van der Waals surface area (Å²) < 4.78 is 0. The Morgan fingerprint density at radius 3 is 2.15 bits per heavy atom. The first-order valence-electron chi connectivity index (χ1n) is 5.75. The highest BCUT2D eigenvalue weighted by Gasteiger charge is 2.15. The lowest BCUT2D eigenvalue weighted by Gasteiger charge is -2.07. The second-order valence-electron chi connectivity index (χ2n) is 3.99. The van der Waals surface area contributed by atoms with Crippen LogP contribution in [-0.2, 0) is 0 Å². The van der Waals surface area contributed by atoms with Crippen molar-refractivity contribution in [3.63, 3.8) is 0 Å². The van der Waals surface area contributed by atoms with Crippen LogP contribution < -0.4 is 5.32 Å². The molecule has 0 spiro atoms. The number of anilines is 1. The normalized spacial score (nSPS) is 9.55. The Morgan fingerprint density at radius 1 is 1.00 bits per heavy atom. The third-order valence-corrected chi connectivity index (χ3v) is 2.67. The van der Waals surface area contributed by atoms with Crippen LogP contribution in [0.15, 0.2) is 48.5 Å². The number of hydrogen-bond acceptors (Lipinski definition) is 3. The molecule has 0 aliphatic rings. The molecule has 1 amide bonds. The second-order valence-corrected chi connectivity index (χ2v) is 3.99. The standard InChI is InChI=1S/C15H10N2O3/c16-9-10-5-7-11(8-6-10)17-14(18)12-3-1-2-4-13(12)15(19)20/h1-8H,(H,17,18)(H,19,20). The maximum Gasteiger partial charge on any atom is 0.336 e. The molecule has 0 aromatic heterocycles. The van der Waals surface area contributed by atoms with Crippen LogP contribution in [0.1, 0.15) is 26.3 Å². The van der Waals surface area contributed by atoms with Gasteiger partial charge in [0.15, 0.2) is 0 Å². The van der Waals surface area contributed by atoms with Gasteiger partial charge in [0.05, 0.1) is 22.8 Å². The van der Waals surface area contributed by atoms with Crippen molar-refractivity contribution in [2.75, 3.05) is 5.32 Å². The summed E-state index contributed by atoms with van der Waals surface area (Å²) in [5.41, 5.74) is 1.01. The number of nitrogens with zero attached hydrogens (tertiary/aromatic N) is 1. The Kier molecular flexibility index (Phi) is 3.77. The van der Waals surface area contributed by atoms with Crippen LogP contribution in [0, 0.1) is 11.3 Å². The quantitative estimate of drug-likeness (QED) is 0.893. The summed E-state index contributed by atoms with van der Waals surface area (Å²) in [4.78, 5) is 23.1. The van der Waals surface area contributed by atoms with E-state index >= 15 is 0 Å². The van der Waals surface area contributed by atoms with Gasteiger partial charge in [-0.25, -0.2) is 4.79 Å². The number of carboxylic acids is 1. The number of nitriles is 1. The lowest BCUT2D eigenvalue weighted by molar-refractivity contribution is 0.0692. The van der Waals surface area contributed by atoms with Crippen LogP contribution in [0.25, 0.3) is 0 Å². The van der Waals surface area contributed by atoms with E-state index in [0.717, 1.165) is 0 Å². The minimum Gasteiger partial charge on any atom is -0.478 e. The molecule has 20 heavy (non-hydrogen) atoms. The molecule has 0 unspecified atom stereocenters. The van der Waals surface area contributed by atoms with Crippen LogP contribution in [0.3, 0.4) is 0 Å². The van der Waals surface area contributed by atoms with E-state index in [1.54, 1.807) is 36.4 Å². The molecule has 2 aromatic rings. The largest absolute Gasteiger partial charge is 0.478 e. The number of carbonyl (C=O) groups excluding carboxylic acids is 1. The predicted molar refractivity (Wildman–Crippen MR) is 72.5 cm³/mol. The summed E-state index contributed by atoms with van der Waals surface area (Å²) in [5.74, 6) is -1.66. The average molecular weight is 266 g/mol. The fourth-order valence-electron chi connectivity index (χ4n) is 1.69. The highest BCUT2D eigenvalue weighted by Crippen LogP contribution is 2.14. The Bertz CT molecular complexity index is 700. The third kappa shape index (κ3) is 2.82. The van der Waals surface area contributed by atoms with E-state index in [0.29, 0.717) is 11.3 Å². The molecule has 0 aliphatic carbocycles. The number of rotatable bonds is 3. The Labute approximate surface area is 115 Å². The molecular weight excluding hydrogens is 256 g/mol. The van der Waals surface area contributed by atoms with Crippen LogP contribution in [0.2, 0.25) is 0 Å². The SMILES string of the molecule is N#Cc1ccc(NC(=O)c2ccccc2C(=O)O)cc1. The van der Waals surface area contributed by atoms with Gasteiger partial charge in [-0.05, 0) is 36.4 Å². The van der Waals surface area contributed by atoms with Gasteiger partial charge in [0.2, 0.25) is 0 Å². The summed E-state index contributed by atoms with van der Waals surface area (Å²) in [5, 5.41) is 20.3. The Morgan fingerprint density at radius 2 is 1.60 bits per heavy atom. The molecule has 2 N–H and O–H groups in total. The van der Waals surface area contributed by atoms with E-state index in [9.17, 15) is 9.59 Å². The van der Waals surface area contributed by atoms with Crippen molar-refractivity contribution in [3.05, 3.63) is 65.2 Å². The number of carboxylic acid groups (broad SMARTS) is 1. The first kappa shape index (κ1) is 13.3. The van der Waals surface area contributed by atoms with Crippen molar-refractivity contribution in [1.29, 1.82) is 5.26 Å². The number of nitrogens with one attached hydrogen (secondary N) is 1. The predicted octanol–water partition coefficient (Wildman–Crippen LogP) is 2.51. The molecule has 0 aliphatic heterocycles. The van der Waals surface area contributed by atoms with Crippen molar-refractivity contribution in [1.82, 2.24) is 0 Å². The molecule has 5 heteroatoms. The van der Waals surface area contributed by atoms with Gasteiger partial charge in [0.1, 0.15) is 0 Å². The topological polar surface area (TPSA) is 90.2 Å². The minimum atomic E-state index is -1.16. The van der Waals surface area contributed by atoms with E-state index in [1.165, 1.54) is 12.1 Å². The van der Waals surface area contributed by atoms with Gasteiger partial charge >= 0.3 is 5.97 Å². The Hall–Kier alpha value is -3.13. The van der Waals surface area contributed by atoms with E-state index in [-0.39, 0.29) is 11.1 Å². The lowest BCUT2D eigenvalue weighted by atomic mass is 10.1. The molecule has 0 fully saturated rings. The fraction of sp³-hybridized carbons (Fsp3) is 0. The van der Waals surface area contributed by atoms with Gasteiger partial charge in [0.25, 0.3) is 5.91 Å². The molecular formula is C15H10N2O3.